The third kappa shape index (κ3) is 4.80. The van der Waals surface area contributed by atoms with Gasteiger partial charge in [0.2, 0.25) is 0 Å². The number of hydrogen-bond acceptors (Lipinski definition) is 5. The second-order valence-corrected chi connectivity index (χ2v) is 6.03. The molecule has 0 bridgehead atoms. The van der Waals surface area contributed by atoms with Crippen LogP contribution in [0.5, 0.6) is 0 Å². The molecule has 204 valence electrons. The standard InChI is InChI=1S/C13HF17N4O2/c14-6(9(18,19)20,5-33-3(1-31)4(2-32)34-5)35-13(29,30)8(17,11(24,25)26)36-12(27,28)7(15,16)10(21,22)23/h(H,33,34). The summed E-state index contributed by atoms with van der Waals surface area (Å²) < 4.78 is 226. The number of nitrogens with zero attached hydrogens (tertiary/aromatic N) is 3. The number of H-pyrrole nitrogens is 1. The van der Waals surface area contributed by atoms with Gasteiger partial charge in [-0.25, -0.2) is 4.98 Å². The van der Waals surface area contributed by atoms with Gasteiger partial charge in [-0.2, -0.15) is 85.2 Å². The van der Waals surface area contributed by atoms with Crippen LogP contribution in [0.1, 0.15) is 17.2 Å². The fraction of sp³-hybridized carbons (Fsp3) is 0.615. The Bertz CT molecular complexity index is 1030. The van der Waals surface area contributed by atoms with Crippen LogP contribution < -0.4 is 0 Å². The van der Waals surface area contributed by atoms with E-state index in [1.165, 1.54) is 4.74 Å². The molecule has 36 heavy (non-hydrogen) atoms. The van der Waals surface area contributed by atoms with E-state index in [0.29, 0.717) is 0 Å². The Kier molecular flexibility index (Phi) is 7.31. The average Bonchev–Trinajstić information content (AvgIpc) is 3.08. The van der Waals surface area contributed by atoms with Crippen LogP contribution in [0.3, 0.4) is 0 Å². The largest absolute Gasteiger partial charge is 0.462 e. The number of alkyl halides is 17. The van der Waals surface area contributed by atoms with Gasteiger partial charge < -0.3 is 4.98 Å². The van der Waals surface area contributed by atoms with E-state index >= 15 is 0 Å². The minimum absolute atomic E-state index is 0.760. The average molecular weight is 568 g/mol. The summed E-state index contributed by atoms with van der Waals surface area (Å²) in [6, 6.07) is 1.54. The Morgan fingerprint density at radius 2 is 1.08 bits per heavy atom. The van der Waals surface area contributed by atoms with Crippen LogP contribution in [0.25, 0.3) is 0 Å². The van der Waals surface area contributed by atoms with E-state index in [1.807, 2.05) is 0 Å². The van der Waals surface area contributed by atoms with Crippen molar-refractivity contribution in [3.63, 3.8) is 0 Å². The molecule has 6 nitrogen and oxygen atoms in total. The van der Waals surface area contributed by atoms with E-state index in [9.17, 15) is 74.6 Å². The van der Waals surface area contributed by atoms with E-state index in [2.05, 4.69) is 9.72 Å². The van der Waals surface area contributed by atoms with Crippen LogP contribution in [-0.4, -0.2) is 52.5 Å². The fourth-order valence-electron chi connectivity index (χ4n) is 1.86. The van der Waals surface area contributed by atoms with Crippen molar-refractivity contribution in [1.82, 2.24) is 9.97 Å². The lowest BCUT2D eigenvalue weighted by molar-refractivity contribution is -0.554. The maximum Gasteiger partial charge on any atom is 0.462 e. The van der Waals surface area contributed by atoms with Gasteiger partial charge in [0.05, 0.1) is 0 Å². The summed E-state index contributed by atoms with van der Waals surface area (Å²) in [4.78, 5) is 3.08. The fourth-order valence-corrected chi connectivity index (χ4v) is 1.86. The van der Waals surface area contributed by atoms with Crippen LogP contribution in [0.4, 0.5) is 74.6 Å². The Labute approximate surface area is 183 Å². The second-order valence-electron chi connectivity index (χ2n) is 6.03. The maximum atomic E-state index is 14.5. The molecule has 0 amide bonds. The summed E-state index contributed by atoms with van der Waals surface area (Å²) in [5.74, 6) is -25.4. The SMILES string of the molecule is N#Cc1nc(C(F)(OC(F)(F)C(F)(OC(F)(F)C(F)(F)C(F)(F)F)C(F)(F)F)C(F)(F)F)[nH]c1C#N. The summed E-state index contributed by atoms with van der Waals surface area (Å²) in [7, 11) is 0. The molecular formula is C13HF17N4O2. The van der Waals surface area contributed by atoms with Crippen molar-refractivity contribution < 1.29 is 84.1 Å². The molecule has 0 aliphatic heterocycles. The number of rotatable bonds is 7. The molecule has 2 unspecified atom stereocenters. The molecule has 0 saturated heterocycles. The van der Waals surface area contributed by atoms with Gasteiger partial charge >= 0.3 is 48.4 Å². The third-order valence-electron chi connectivity index (χ3n) is 3.59. The lowest BCUT2D eigenvalue weighted by Gasteiger charge is -2.40. The van der Waals surface area contributed by atoms with Gasteiger partial charge in [0.25, 0.3) is 0 Å². The highest BCUT2D eigenvalue weighted by Gasteiger charge is 2.85. The molecule has 1 N–H and O–H groups in total. The number of hydrogen-bond donors (Lipinski definition) is 1. The quantitative estimate of drug-likeness (QED) is 0.440. The predicted octanol–water partition coefficient (Wildman–Crippen LogP) is 5.48. The molecule has 0 aliphatic rings. The number of halogens is 17. The molecular weight excluding hydrogens is 567 g/mol. The van der Waals surface area contributed by atoms with Crippen molar-refractivity contribution in [2.45, 2.75) is 48.4 Å². The summed E-state index contributed by atoms with van der Waals surface area (Å²) in [6.45, 7) is 0. The molecule has 1 aromatic rings. The van der Waals surface area contributed by atoms with E-state index in [1.54, 1.807) is 0 Å². The summed E-state index contributed by atoms with van der Waals surface area (Å²) in [5, 5.41) is 17.0. The number of imidazole rings is 1. The van der Waals surface area contributed by atoms with E-state index in [4.69, 9.17) is 10.5 Å². The highest BCUT2D eigenvalue weighted by Crippen LogP contribution is 2.57. The van der Waals surface area contributed by atoms with Crippen LogP contribution in [0.15, 0.2) is 0 Å². The van der Waals surface area contributed by atoms with Crippen molar-refractivity contribution in [2.75, 3.05) is 0 Å². The van der Waals surface area contributed by atoms with Crippen molar-refractivity contribution in [2.24, 2.45) is 0 Å². The van der Waals surface area contributed by atoms with Gasteiger partial charge in [-0.1, -0.05) is 0 Å². The summed E-state index contributed by atoms with van der Waals surface area (Å²) >= 11 is 0. The third-order valence-corrected chi connectivity index (χ3v) is 3.59. The minimum Gasteiger partial charge on any atom is -0.327 e. The lowest BCUT2D eigenvalue weighted by atomic mass is 10.2. The van der Waals surface area contributed by atoms with Gasteiger partial charge in [-0.15, -0.1) is 0 Å². The number of aromatic nitrogens is 2. The first-order valence-corrected chi connectivity index (χ1v) is 7.67. The normalized spacial score (nSPS) is 17.6. The van der Waals surface area contributed by atoms with Gasteiger partial charge in [0.1, 0.15) is 12.1 Å². The zero-order chi connectivity index (χ0) is 29.0. The van der Waals surface area contributed by atoms with Crippen LogP contribution >= 0.6 is 0 Å². The number of ether oxygens (including phenoxy) is 2. The minimum atomic E-state index is -8.05. The molecule has 1 aromatic heterocycles. The van der Waals surface area contributed by atoms with Crippen molar-refractivity contribution in [1.29, 1.82) is 10.5 Å². The zero-order valence-corrected chi connectivity index (χ0v) is 15.6. The van der Waals surface area contributed by atoms with Crippen LogP contribution in [-0.2, 0) is 15.3 Å². The van der Waals surface area contributed by atoms with Crippen molar-refractivity contribution >= 4 is 0 Å². The van der Waals surface area contributed by atoms with Gasteiger partial charge in [0.15, 0.2) is 17.2 Å². The molecule has 23 heteroatoms. The summed E-state index contributed by atoms with van der Waals surface area (Å²) in [5.41, 5.74) is -3.07. The molecule has 0 spiro atoms. The first kappa shape index (κ1) is 31.0. The Balaban J connectivity index is 3.80. The predicted molar refractivity (Wildman–Crippen MR) is 69.8 cm³/mol. The molecule has 0 aliphatic carbocycles. The monoisotopic (exact) mass is 568 g/mol. The van der Waals surface area contributed by atoms with E-state index < -0.39 is 65.6 Å². The Hall–Kier alpha value is -3.08. The molecule has 1 heterocycles. The highest BCUT2D eigenvalue weighted by atomic mass is 19.4. The second kappa shape index (κ2) is 8.50. The topological polar surface area (TPSA) is 94.7 Å². The van der Waals surface area contributed by atoms with Crippen LogP contribution in [0, 0.1) is 22.7 Å². The van der Waals surface area contributed by atoms with Crippen molar-refractivity contribution in [3.05, 3.63) is 17.2 Å². The maximum absolute atomic E-state index is 14.5. The Morgan fingerprint density at radius 3 is 1.39 bits per heavy atom. The van der Waals surface area contributed by atoms with Gasteiger partial charge in [-0.3, -0.25) is 9.47 Å². The molecule has 0 radical (unpaired) electrons. The molecule has 1 rings (SSSR count). The zero-order valence-electron chi connectivity index (χ0n) is 15.6. The van der Waals surface area contributed by atoms with Gasteiger partial charge in [-0.05, 0) is 0 Å². The number of nitrogens with one attached hydrogen (secondary N) is 1. The van der Waals surface area contributed by atoms with Crippen molar-refractivity contribution in [3.8, 4) is 12.1 Å². The Morgan fingerprint density at radius 1 is 0.611 bits per heavy atom. The lowest BCUT2D eigenvalue weighted by Crippen LogP contribution is -2.67. The number of aromatic amines is 1. The van der Waals surface area contributed by atoms with Gasteiger partial charge in [0, 0.05) is 0 Å². The molecule has 0 aromatic carbocycles. The van der Waals surface area contributed by atoms with Crippen LogP contribution in [0.2, 0.25) is 0 Å². The molecule has 0 fully saturated rings. The highest BCUT2D eigenvalue weighted by molar-refractivity contribution is 5.37. The van der Waals surface area contributed by atoms with E-state index in [-0.39, 0.29) is 0 Å². The molecule has 0 saturated carbocycles. The first-order chi connectivity index (χ1) is 15.6. The molecule has 2 atom stereocenters. The first-order valence-electron chi connectivity index (χ1n) is 7.67. The smallest absolute Gasteiger partial charge is 0.327 e. The van der Waals surface area contributed by atoms with E-state index in [0.717, 1.165) is 17.1 Å². The number of nitriles is 2. The summed E-state index contributed by atoms with van der Waals surface area (Å²) in [6.07, 6.45) is -38.5.